The highest BCUT2D eigenvalue weighted by Gasteiger charge is 2.21. The van der Waals surface area contributed by atoms with E-state index in [0.717, 1.165) is 43.4 Å². The van der Waals surface area contributed by atoms with Gasteiger partial charge in [0.2, 0.25) is 0 Å². The Hall–Kier alpha value is -3.87. The summed E-state index contributed by atoms with van der Waals surface area (Å²) in [7, 11) is 0. The first-order valence-corrected chi connectivity index (χ1v) is 10.8. The molecule has 5 nitrogen and oxygen atoms in total. The molecule has 1 aliphatic heterocycles. The minimum Gasteiger partial charge on any atom is -0.489 e. The van der Waals surface area contributed by atoms with E-state index in [1.807, 2.05) is 30.3 Å². The van der Waals surface area contributed by atoms with E-state index in [2.05, 4.69) is 14.9 Å². The zero-order valence-corrected chi connectivity index (χ0v) is 17.8. The summed E-state index contributed by atoms with van der Waals surface area (Å²) in [6.45, 7) is 2.00. The Labute approximate surface area is 189 Å². The molecule has 1 aromatic heterocycles. The van der Waals surface area contributed by atoms with Gasteiger partial charge in [-0.1, -0.05) is 30.3 Å². The zero-order chi connectivity index (χ0) is 22.8. The molecule has 2 heterocycles. The van der Waals surface area contributed by atoms with E-state index in [4.69, 9.17) is 4.74 Å². The number of anilines is 1. The summed E-state index contributed by atoms with van der Waals surface area (Å²) >= 11 is 0. The molecule has 7 heteroatoms. The largest absolute Gasteiger partial charge is 0.489 e. The molecule has 1 saturated heterocycles. The second kappa shape index (κ2) is 8.94. The van der Waals surface area contributed by atoms with Gasteiger partial charge in [-0.2, -0.15) is 0 Å². The Morgan fingerprint density at radius 3 is 2.55 bits per heavy atom. The highest BCUT2D eigenvalue weighted by atomic mass is 19.2. The summed E-state index contributed by atoms with van der Waals surface area (Å²) in [5, 5.41) is 0. The Balaban J connectivity index is 1.44. The van der Waals surface area contributed by atoms with E-state index >= 15 is 0 Å². The monoisotopic (exact) mass is 445 g/mol. The second-order valence-electron chi connectivity index (χ2n) is 8.00. The SMILES string of the molecule is O=C(c1ccc2ncc(N3CCCC3)nc2c1)c1cc(OCc2ccccc2)cc(F)c1F. The molecule has 0 amide bonds. The van der Waals surface area contributed by atoms with Crippen LogP contribution in [0.5, 0.6) is 5.75 Å². The van der Waals surface area contributed by atoms with Crippen molar-refractivity contribution in [1.29, 1.82) is 0 Å². The number of carbonyl (C=O) groups excluding carboxylic acids is 1. The minimum atomic E-state index is -1.20. The molecule has 4 aromatic rings. The molecule has 1 aliphatic rings. The second-order valence-corrected chi connectivity index (χ2v) is 8.00. The number of ether oxygens (including phenoxy) is 1. The van der Waals surface area contributed by atoms with Crippen LogP contribution in [0.1, 0.15) is 34.3 Å². The third-order valence-electron chi connectivity index (χ3n) is 5.72. The lowest BCUT2D eigenvalue weighted by Crippen LogP contribution is -2.19. The minimum absolute atomic E-state index is 0.0815. The molecule has 5 rings (SSSR count). The lowest BCUT2D eigenvalue weighted by Gasteiger charge is -2.16. The zero-order valence-electron chi connectivity index (χ0n) is 17.8. The molecule has 0 atom stereocenters. The number of hydrogen-bond acceptors (Lipinski definition) is 5. The van der Waals surface area contributed by atoms with Crippen LogP contribution in [0.2, 0.25) is 0 Å². The van der Waals surface area contributed by atoms with E-state index in [0.29, 0.717) is 11.0 Å². The molecule has 3 aromatic carbocycles. The summed E-state index contributed by atoms with van der Waals surface area (Å²) in [4.78, 5) is 24.3. The fourth-order valence-electron chi connectivity index (χ4n) is 3.95. The van der Waals surface area contributed by atoms with Crippen molar-refractivity contribution in [1.82, 2.24) is 9.97 Å². The van der Waals surface area contributed by atoms with Crippen molar-refractivity contribution < 1.29 is 18.3 Å². The van der Waals surface area contributed by atoms with Gasteiger partial charge in [-0.3, -0.25) is 9.78 Å². The number of ketones is 1. The van der Waals surface area contributed by atoms with Gasteiger partial charge in [0.15, 0.2) is 17.4 Å². The Morgan fingerprint density at radius 1 is 0.970 bits per heavy atom. The fourth-order valence-corrected chi connectivity index (χ4v) is 3.95. The van der Waals surface area contributed by atoms with Gasteiger partial charge in [-0.05, 0) is 42.7 Å². The maximum Gasteiger partial charge on any atom is 0.196 e. The molecule has 0 spiro atoms. The number of benzene rings is 3. The van der Waals surface area contributed by atoms with Crippen LogP contribution < -0.4 is 9.64 Å². The molecule has 1 fully saturated rings. The number of rotatable bonds is 6. The van der Waals surface area contributed by atoms with Crippen molar-refractivity contribution in [3.8, 4) is 5.75 Å². The summed E-state index contributed by atoms with van der Waals surface area (Å²) < 4.78 is 34.5. The highest BCUT2D eigenvalue weighted by molar-refractivity contribution is 6.10. The Morgan fingerprint density at radius 2 is 1.76 bits per heavy atom. The standard InChI is InChI=1S/C26H21F2N3O2/c27-21-14-19(33-16-17-6-2-1-3-7-17)13-20(25(21)28)26(32)18-8-9-22-23(12-18)30-24(15-29-22)31-10-4-5-11-31/h1-3,6-9,12-15H,4-5,10-11,16H2. The normalized spacial score (nSPS) is 13.5. The van der Waals surface area contributed by atoms with Crippen LogP contribution in [0, 0.1) is 11.6 Å². The predicted octanol–water partition coefficient (Wildman–Crippen LogP) is 5.32. The lowest BCUT2D eigenvalue weighted by atomic mass is 10.0. The van der Waals surface area contributed by atoms with Gasteiger partial charge in [0.1, 0.15) is 18.2 Å². The molecule has 166 valence electrons. The van der Waals surface area contributed by atoms with Crippen molar-refractivity contribution in [2.75, 3.05) is 18.0 Å². The molecule has 0 radical (unpaired) electrons. The van der Waals surface area contributed by atoms with E-state index < -0.39 is 17.4 Å². The third kappa shape index (κ3) is 4.39. The average Bonchev–Trinajstić information content (AvgIpc) is 3.39. The van der Waals surface area contributed by atoms with Gasteiger partial charge >= 0.3 is 0 Å². The molecule has 0 saturated carbocycles. The van der Waals surface area contributed by atoms with Crippen molar-refractivity contribution >= 4 is 22.6 Å². The molecule has 0 bridgehead atoms. The number of halogens is 2. The van der Waals surface area contributed by atoms with Gasteiger partial charge < -0.3 is 9.64 Å². The summed E-state index contributed by atoms with van der Waals surface area (Å²) in [5.74, 6) is -2.16. The average molecular weight is 445 g/mol. The van der Waals surface area contributed by atoms with E-state index in [9.17, 15) is 13.6 Å². The molecule has 0 aliphatic carbocycles. The van der Waals surface area contributed by atoms with E-state index in [1.54, 1.807) is 24.4 Å². The van der Waals surface area contributed by atoms with E-state index in [1.165, 1.54) is 6.07 Å². The first kappa shape index (κ1) is 21.0. The Kier molecular flexibility index (Phi) is 5.69. The van der Waals surface area contributed by atoms with Gasteiger partial charge in [0.05, 0.1) is 22.8 Å². The fraction of sp³-hybridized carbons (Fsp3) is 0.192. The number of nitrogens with zero attached hydrogens (tertiary/aromatic N) is 3. The molecular formula is C26H21F2N3O2. The first-order valence-electron chi connectivity index (χ1n) is 10.8. The third-order valence-corrected chi connectivity index (χ3v) is 5.72. The molecule has 0 N–H and O–H groups in total. The summed E-state index contributed by atoms with van der Waals surface area (Å²) in [6.07, 6.45) is 3.93. The number of hydrogen-bond donors (Lipinski definition) is 0. The van der Waals surface area contributed by atoms with E-state index in [-0.39, 0.29) is 23.5 Å². The smallest absolute Gasteiger partial charge is 0.196 e. The van der Waals surface area contributed by atoms with Crippen LogP contribution in [0.15, 0.2) is 66.9 Å². The van der Waals surface area contributed by atoms with Crippen LogP contribution in [-0.4, -0.2) is 28.8 Å². The number of fused-ring (bicyclic) bond motifs is 1. The maximum atomic E-state index is 14.6. The molecular weight excluding hydrogens is 424 g/mol. The maximum absolute atomic E-state index is 14.6. The van der Waals surface area contributed by atoms with Crippen LogP contribution in [-0.2, 0) is 6.61 Å². The van der Waals surface area contributed by atoms with Crippen LogP contribution in [0.3, 0.4) is 0 Å². The predicted molar refractivity (Wildman–Crippen MR) is 122 cm³/mol. The highest BCUT2D eigenvalue weighted by Crippen LogP contribution is 2.26. The van der Waals surface area contributed by atoms with Crippen LogP contribution in [0.4, 0.5) is 14.6 Å². The Bertz CT molecular complexity index is 1320. The van der Waals surface area contributed by atoms with Crippen molar-refractivity contribution in [3.05, 3.63) is 95.2 Å². The summed E-state index contributed by atoms with van der Waals surface area (Å²) in [6, 6.07) is 16.3. The van der Waals surface area contributed by atoms with Gasteiger partial charge in [-0.15, -0.1) is 0 Å². The van der Waals surface area contributed by atoms with Gasteiger partial charge in [-0.25, -0.2) is 13.8 Å². The lowest BCUT2D eigenvalue weighted by molar-refractivity contribution is 0.103. The van der Waals surface area contributed by atoms with Crippen LogP contribution in [0.25, 0.3) is 11.0 Å². The van der Waals surface area contributed by atoms with Crippen molar-refractivity contribution in [3.63, 3.8) is 0 Å². The van der Waals surface area contributed by atoms with Crippen molar-refractivity contribution in [2.45, 2.75) is 19.4 Å². The molecule has 0 unspecified atom stereocenters. The summed E-state index contributed by atoms with van der Waals surface area (Å²) in [5.41, 5.74) is 1.84. The topological polar surface area (TPSA) is 55.3 Å². The first-order chi connectivity index (χ1) is 16.1. The number of aromatic nitrogens is 2. The molecule has 33 heavy (non-hydrogen) atoms. The quantitative estimate of drug-likeness (QED) is 0.376. The van der Waals surface area contributed by atoms with Crippen molar-refractivity contribution in [2.24, 2.45) is 0 Å². The van der Waals surface area contributed by atoms with Gasteiger partial charge in [0, 0.05) is 24.7 Å². The van der Waals surface area contributed by atoms with Crippen LogP contribution >= 0.6 is 0 Å². The van der Waals surface area contributed by atoms with Gasteiger partial charge in [0.25, 0.3) is 0 Å². The number of carbonyl (C=O) groups is 1.